The molecule has 0 radical (unpaired) electrons. The highest BCUT2D eigenvalue weighted by Gasteiger charge is 2.21. The molecule has 3 N–H and O–H groups in total. The third-order valence-electron chi connectivity index (χ3n) is 3.30. The second-order valence-corrected chi connectivity index (χ2v) is 5.10. The largest absolute Gasteiger partial charge is 0.481 e. The fraction of sp³-hybridized carbons (Fsp3) is 0.235. The van der Waals surface area contributed by atoms with E-state index in [2.05, 4.69) is 0 Å². The molecule has 0 aliphatic rings. The van der Waals surface area contributed by atoms with Crippen LogP contribution >= 0.6 is 0 Å². The lowest BCUT2D eigenvalue weighted by Gasteiger charge is -2.16. The van der Waals surface area contributed by atoms with E-state index in [1.165, 1.54) is 0 Å². The van der Waals surface area contributed by atoms with Crippen molar-refractivity contribution in [3.05, 3.63) is 60.2 Å². The molecule has 20 heavy (non-hydrogen) atoms. The zero-order valence-electron chi connectivity index (χ0n) is 11.5. The monoisotopic (exact) mass is 269 g/mol. The van der Waals surface area contributed by atoms with E-state index >= 15 is 0 Å². The molecule has 0 bridgehead atoms. The van der Waals surface area contributed by atoms with Gasteiger partial charge < -0.3 is 10.8 Å². The minimum atomic E-state index is -0.826. The molecule has 2 aromatic carbocycles. The smallest absolute Gasteiger partial charge is 0.311 e. The highest BCUT2D eigenvalue weighted by Crippen LogP contribution is 2.26. The van der Waals surface area contributed by atoms with E-state index in [1.54, 1.807) is 0 Å². The molecule has 0 heterocycles. The third kappa shape index (κ3) is 3.45. The van der Waals surface area contributed by atoms with Gasteiger partial charge in [0, 0.05) is 6.04 Å². The lowest BCUT2D eigenvalue weighted by atomic mass is 9.90. The van der Waals surface area contributed by atoms with E-state index in [9.17, 15) is 9.90 Å². The number of aliphatic carboxylic acids is 1. The average Bonchev–Trinajstić information content (AvgIpc) is 2.45. The van der Waals surface area contributed by atoms with Gasteiger partial charge in [-0.3, -0.25) is 4.79 Å². The number of nitrogens with two attached hydrogens (primary N) is 1. The molecular formula is C17H19NO2. The van der Waals surface area contributed by atoms with Crippen LogP contribution in [0.4, 0.5) is 0 Å². The first-order valence-electron chi connectivity index (χ1n) is 6.71. The van der Waals surface area contributed by atoms with E-state index in [4.69, 9.17) is 5.73 Å². The number of carbonyl (C=O) groups is 1. The molecule has 2 atom stereocenters. The van der Waals surface area contributed by atoms with Crippen LogP contribution in [-0.2, 0) is 4.79 Å². The Balaban J connectivity index is 2.35. The number of hydrogen-bond acceptors (Lipinski definition) is 2. The highest BCUT2D eigenvalue weighted by atomic mass is 16.4. The van der Waals surface area contributed by atoms with Crippen LogP contribution in [0.3, 0.4) is 0 Å². The molecule has 0 fully saturated rings. The van der Waals surface area contributed by atoms with Crippen molar-refractivity contribution in [3.8, 4) is 11.1 Å². The van der Waals surface area contributed by atoms with Gasteiger partial charge in [0.25, 0.3) is 0 Å². The second kappa shape index (κ2) is 6.35. The van der Waals surface area contributed by atoms with Crippen molar-refractivity contribution in [2.75, 3.05) is 0 Å². The quantitative estimate of drug-likeness (QED) is 0.875. The SMILES string of the molecule is C[C@@H](N)CC(C(=O)O)c1cccc(-c2ccccc2)c1. The van der Waals surface area contributed by atoms with Crippen LogP contribution in [0.5, 0.6) is 0 Å². The van der Waals surface area contributed by atoms with Crippen molar-refractivity contribution in [2.45, 2.75) is 25.3 Å². The molecule has 2 aromatic rings. The zero-order chi connectivity index (χ0) is 14.5. The van der Waals surface area contributed by atoms with Gasteiger partial charge in [-0.1, -0.05) is 54.6 Å². The number of hydrogen-bond donors (Lipinski definition) is 2. The summed E-state index contributed by atoms with van der Waals surface area (Å²) < 4.78 is 0. The van der Waals surface area contributed by atoms with Crippen molar-refractivity contribution in [3.63, 3.8) is 0 Å². The maximum absolute atomic E-state index is 11.4. The first-order chi connectivity index (χ1) is 9.58. The van der Waals surface area contributed by atoms with E-state index in [0.29, 0.717) is 6.42 Å². The van der Waals surface area contributed by atoms with Gasteiger partial charge in [0.05, 0.1) is 5.92 Å². The van der Waals surface area contributed by atoms with E-state index in [1.807, 2.05) is 61.5 Å². The summed E-state index contributed by atoms with van der Waals surface area (Å²) in [7, 11) is 0. The molecule has 0 saturated heterocycles. The van der Waals surface area contributed by atoms with E-state index in [0.717, 1.165) is 16.7 Å². The van der Waals surface area contributed by atoms with Gasteiger partial charge >= 0.3 is 5.97 Å². The van der Waals surface area contributed by atoms with Gasteiger partial charge in [-0.25, -0.2) is 0 Å². The predicted molar refractivity (Wildman–Crippen MR) is 80.5 cm³/mol. The average molecular weight is 269 g/mol. The fourth-order valence-corrected chi connectivity index (χ4v) is 2.32. The molecule has 3 nitrogen and oxygen atoms in total. The van der Waals surface area contributed by atoms with Crippen molar-refractivity contribution in [2.24, 2.45) is 5.73 Å². The zero-order valence-corrected chi connectivity index (χ0v) is 11.5. The van der Waals surface area contributed by atoms with Crippen LogP contribution in [0.15, 0.2) is 54.6 Å². The summed E-state index contributed by atoms with van der Waals surface area (Å²) in [5, 5.41) is 9.38. The Morgan fingerprint density at radius 3 is 2.35 bits per heavy atom. The highest BCUT2D eigenvalue weighted by molar-refractivity contribution is 5.77. The molecule has 0 saturated carbocycles. The van der Waals surface area contributed by atoms with Gasteiger partial charge in [0.1, 0.15) is 0 Å². The Kier molecular flexibility index (Phi) is 4.53. The van der Waals surface area contributed by atoms with Gasteiger partial charge in [-0.15, -0.1) is 0 Å². The number of carboxylic acid groups (broad SMARTS) is 1. The van der Waals surface area contributed by atoms with Crippen LogP contribution < -0.4 is 5.73 Å². The van der Waals surface area contributed by atoms with Crippen LogP contribution in [0.25, 0.3) is 11.1 Å². The van der Waals surface area contributed by atoms with Gasteiger partial charge in [0.2, 0.25) is 0 Å². The van der Waals surface area contributed by atoms with Gasteiger partial charge in [-0.2, -0.15) is 0 Å². The molecular weight excluding hydrogens is 250 g/mol. The van der Waals surface area contributed by atoms with Crippen LogP contribution in [0.1, 0.15) is 24.8 Å². The van der Waals surface area contributed by atoms with Crippen LogP contribution in [-0.4, -0.2) is 17.1 Å². The molecule has 2 rings (SSSR count). The minimum Gasteiger partial charge on any atom is -0.481 e. The molecule has 1 unspecified atom stereocenters. The molecule has 0 spiro atoms. The molecule has 104 valence electrons. The van der Waals surface area contributed by atoms with Crippen LogP contribution in [0, 0.1) is 0 Å². The standard InChI is InChI=1S/C17H19NO2/c1-12(18)10-16(17(19)20)15-9-5-8-14(11-15)13-6-3-2-4-7-13/h2-9,11-12,16H,10,18H2,1H3,(H,19,20)/t12-,16?/m1/s1. The predicted octanol–water partition coefficient (Wildman–Crippen LogP) is 3.26. The number of carboxylic acids is 1. The molecule has 3 heteroatoms. The Labute approximate surface area is 119 Å². The normalized spacial score (nSPS) is 13.7. The Morgan fingerprint density at radius 1 is 1.10 bits per heavy atom. The maximum Gasteiger partial charge on any atom is 0.311 e. The Morgan fingerprint density at radius 2 is 1.75 bits per heavy atom. The van der Waals surface area contributed by atoms with Crippen molar-refractivity contribution in [1.82, 2.24) is 0 Å². The van der Waals surface area contributed by atoms with E-state index in [-0.39, 0.29) is 6.04 Å². The lowest BCUT2D eigenvalue weighted by molar-refractivity contribution is -0.139. The fourth-order valence-electron chi connectivity index (χ4n) is 2.32. The van der Waals surface area contributed by atoms with Crippen molar-refractivity contribution < 1.29 is 9.90 Å². The summed E-state index contributed by atoms with van der Waals surface area (Å²) in [6.07, 6.45) is 0.438. The molecule has 0 amide bonds. The summed E-state index contributed by atoms with van der Waals surface area (Å²) in [5.41, 5.74) is 8.67. The topological polar surface area (TPSA) is 63.3 Å². The minimum absolute atomic E-state index is 0.142. The molecule has 0 aliphatic heterocycles. The summed E-state index contributed by atoms with van der Waals surface area (Å²) in [4.78, 5) is 11.4. The third-order valence-corrected chi connectivity index (χ3v) is 3.30. The van der Waals surface area contributed by atoms with Gasteiger partial charge in [-0.05, 0) is 30.0 Å². The maximum atomic E-state index is 11.4. The number of rotatable bonds is 5. The summed E-state index contributed by atoms with van der Waals surface area (Å²) in [6.45, 7) is 1.83. The second-order valence-electron chi connectivity index (χ2n) is 5.10. The number of benzene rings is 2. The Bertz CT molecular complexity index is 579. The van der Waals surface area contributed by atoms with Crippen LogP contribution in [0.2, 0.25) is 0 Å². The van der Waals surface area contributed by atoms with Crippen molar-refractivity contribution >= 4 is 5.97 Å². The van der Waals surface area contributed by atoms with Crippen molar-refractivity contribution in [1.29, 1.82) is 0 Å². The lowest BCUT2D eigenvalue weighted by Crippen LogP contribution is -2.23. The first kappa shape index (κ1) is 14.3. The molecule has 0 aliphatic carbocycles. The summed E-state index contributed by atoms with van der Waals surface area (Å²) in [6, 6.07) is 17.5. The summed E-state index contributed by atoms with van der Waals surface area (Å²) in [5.74, 6) is -1.38. The van der Waals surface area contributed by atoms with E-state index < -0.39 is 11.9 Å². The first-order valence-corrected chi connectivity index (χ1v) is 6.71. The molecule has 0 aromatic heterocycles. The Hall–Kier alpha value is -2.13. The van der Waals surface area contributed by atoms with Gasteiger partial charge in [0.15, 0.2) is 0 Å². The summed E-state index contributed by atoms with van der Waals surface area (Å²) >= 11 is 0.